The molecule has 3 nitrogen and oxygen atoms in total. The number of rotatable bonds is 3. The Labute approximate surface area is 115 Å². The normalized spacial score (nSPS) is 43.9. The van der Waals surface area contributed by atoms with Crippen LogP contribution in [-0.2, 0) is 11.3 Å². The molecule has 2 unspecified atom stereocenters. The van der Waals surface area contributed by atoms with E-state index in [1.165, 1.54) is 44.2 Å². The lowest BCUT2D eigenvalue weighted by atomic mass is 9.48. The smallest absolute Gasteiger partial charge is 0.0690 e. The zero-order valence-electron chi connectivity index (χ0n) is 12.1. The lowest BCUT2D eigenvalue weighted by Gasteiger charge is -2.61. The fourth-order valence-electron chi connectivity index (χ4n) is 5.67. The summed E-state index contributed by atoms with van der Waals surface area (Å²) < 4.78 is 8.21. The molecule has 4 saturated carbocycles. The molecule has 1 heterocycles. The van der Waals surface area contributed by atoms with E-state index in [0.29, 0.717) is 5.41 Å². The van der Waals surface area contributed by atoms with Crippen molar-refractivity contribution in [3.05, 3.63) is 18.0 Å². The van der Waals surface area contributed by atoms with E-state index in [0.717, 1.165) is 18.4 Å². The summed E-state index contributed by atoms with van der Waals surface area (Å²) in [6.07, 6.45) is 10.0. The van der Waals surface area contributed by atoms with Crippen LogP contribution in [0.2, 0.25) is 0 Å². The first-order valence-electron chi connectivity index (χ1n) is 7.66. The number of aromatic nitrogens is 2. The molecule has 2 atom stereocenters. The highest BCUT2D eigenvalue weighted by atomic mass is 16.5. The molecule has 104 valence electrons. The van der Waals surface area contributed by atoms with E-state index in [9.17, 15) is 0 Å². The minimum absolute atomic E-state index is 0.200. The van der Waals surface area contributed by atoms with Crippen molar-refractivity contribution in [3.8, 4) is 0 Å². The fourth-order valence-corrected chi connectivity index (χ4v) is 5.67. The van der Waals surface area contributed by atoms with Crippen molar-refractivity contribution in [2.45, 2.75) is 57.6 Å². The van der Waals surface area contributed by atoms with Crippen LogP contribution in [0, 0.1) is 24.2 Å². The van der Waals surface area contributed by atoms with Crippen LogP contribution in [0.3, 0.4) is 0 Å². The van der Waals surface area contributed by atoms with Gasteiger partial charge in [-0.3, -0.25) is 4.68 Å². The minimum atomic E-state index is 0.200. The van der Waals surface area contributed by atoms with Gasteiger partial charge in [0.2, 0.25) is 0 Å². The summed E-state index contributed by atoms with van der Waals surface area (Å²) in [5, 5.41) is 4.52. The SMILES string of the molecule is COC12CC3CC(CC(Cn4nccc4C)(C3)C1)C2. The number of methoxy groups -OCH3 is 1. The van der Waals surface area contributed by atoms with Gasteiger partial charge in [-0.1, -0.05) is 0 Å². The highest BCUT2D eigenvalue weighted by molar-refractivity contribution is 5.10. The van der Waals surface area contributed by atoms with Crippen molar-refractivity contribution in [1.29, 1.82) is 0 Å². The number of hydrogen-bond donors (Lipinski definition) is 0. The summed E-state index contributed by atoms with van der Waals surface area (Å²) in [6, 6.07) is 2.12. The molecule has 0 aromatic carbocycles. The summed E-state index contributed by atoms with van der Waals surface area (Å²) in [5.41, 5.74) is 1.95. The zero-order chi connectivity index (χ0) is 13.1. The molecular weight excluding hydrogens is 236 g/mol. The molecule has 5 rings (SSSR count). The van der Waals surface area contributed by atoms with E-state index in [1.54, 1.807) is 0 Å². The molecule has 4 bridgehead atoms. The Morgan fingerprint density at radius 2 is 2.05 bits per heavy atom. The van der Waals surface area contributed by atoms with E-state index in [2.05, 4.69) is 22.8 Å². The fraction of sp³-hybridized carbons (Fsp3) is 0.812. The largest absolute Gasteiger partial charge is 0.378 e. The summed E-state index contributed by atoms with van der Waals surface area (Å²) in [4.78, 5) is 0. The molecule has 3 heteroatoms. The zero-order valence-corrected chi connectivity index (χ0v) is 12.1. The van der Waals surface area contributed by atoms with E-state index >= 15 is 0 Å². The summed E-state index contributed by atoms with van der Waals surface area (Å²) in [5.74, 6) is 1.80. The minimum Gasteiger partial charge on any atom is -0.378 e. The quantitative estimate of drug-likeness (QED) is 0.834. The molecule has 0 aliphatic heterocycles. The maximum Gasteiger partial charge on any atom is 0.0690 e. The van der Waals surface area contributed by atoms with Crippen LogP contribution < -0.4 is 0 Å². The van der Waals surface area contributed by atoms with Gasteiger partial charge in [-0.15, -0.1) is 0 Å². The van der Waals surface area contributed by atoms with Gasteiger partial charge in [-0.05, 0) is 68.8 Å². The van der Waals surface area contributed by atoms with E-state index in [4.69, 9.17) is 4.74 Å². The second-order valence-corrected chi connectivity index (χ2v) is 7.48. The van der Waals surface area contributed by atoms with Crippen molar-refractivity contribution in [1.82, 2.24) is 9.78 Å². The van der Waals surface area contributed by atoms with Crippen molar-refractivity contribution < 1.29 is 4.74 Å². The van der Waals surface area contributed by atoms with Gasteiger partial charge in [0.25, 0.3) is 0 Å². The van der Waals surface area contributed by atoms with Crippen LogP contribution >= 0.6 is 0 Å². The van der Waals surface area contributed by atoms with Gasteiger partial charge in [0.1, 0.15) is 0 Å². The predicted molar refractivity (Wildman–Crippen MR) is 73.8 cm³/mol. The van der Waals surface area contributed by atoms with Crippen molar-refractivity contribution in [2.75, 3.05) is 7.11 Å². The second-order valence-electron chi connectivity index (χ2n) is 7.48. The molecule has 4 fully saturated rings. The van der Waals surface area contributed by atoms with Gasteiger partial charge in [0.15, 0.2) is 0 Å². The van der Waals surface area contributed by atoms with Crippen LogP contribution in [-0.4, -0.2) is 22.5 Å². The average molecular weight is 260 g/mol. The number of nitrogens with zero attached hydrogens (tertiary/aromatic N) is 2. The number of hydrogen-bond acceptors (Lipinski definition) is 2. The molecule has 0 saturated heterocycles. The standard InChI is InChI=1S/C16H24N2O/c1-12-3-4-17-18(12)11-15-6-13-5-14(7-15)9-16(8-13,10-15)19-2/h3-4,13-14H,5-11H2,1-2H3. The number of aryl methyl sites for hydroxylation is 1. The molecule has 4 aliphatic rings. The average Bonchev–Trinajstić information content (AvgIpc) is 2.73. The lowest BCUT2D eigenvalue weighted by Crippen LogP contribution is -2.57. The lowest BCUT2D eigenvalue weighted by molar-refractivity contribution is -0.184. The van der Waals surface area contributed by atoms with E-state index in [-0.39, 0.29) is 5.60 Å². The van der Waals surface area contributed by atoms with Crippen LogP contribution in [0.1, 0.15) is 44.2 Å². The molecule has 0 radical (unpaired) electrons. The Morgan fingerprint density at radius 1 is 1.32 bits per heavy atom. The Balaban J connectivity index is 1.65. The van der Waals surface area contributed by atoms with Gasteiger partial charge in [0, 0.05) is 25.5 Å². The Bertz CT molecular complexity index is 479. The Morgan fingerprint density at radius 3 is 2.63 bits per heavy atom. The Kier molecular flexibility index (Phi) is 2.42. The summed E-state index contributed by atoms with van der Waals surface area (Å²) in [7, 11) is 1.93. The first kappa shape index (κ1) is 12.0. The van der Waals surface area contributed by atoms with Crippen molar-refractivity contribution in [2.24, 2.45) is 17.3 Å². The molecule has 0 spiro atoms. The van der Waals surface area contributed by atoms with Gasteiger partial charge in [-0.2, -0.15) is 5.10 Å². The van der Waals surface area contributed by atoms with Crippen molar-refractivity contribution >= 4 is 0 Å². The maximum atomic E-state index is 6.00. The summed E-state index contributed by atoms with van der Waals surface area (Å²) in [6.45, 7) is 3.27. The molecule has 0 amide bonds. The third-order valence-corrected chi connectivity index (χ3v) is 5.98. The van der Waals surface area contributed by atoms with Gasteiger partial charge < -0.3 is 4.74 Å². The third kappa shape index (κ3) is 1.78. The monoisotopic (exact) mass is 260 g/mol. The van der Waals surface area contributed by atoms with Gasteiger partial charge >= 0.3 is 0 Å². The first-order valence-corrected chi connectivity index (χ1v) is 7.66. The predicted octanol–water partition coefficient (Wildman–Crippen LogP) is 3.18. The molecule has 19 heavy (non-hydrogen) atoms. The van der Waals surface area contributed by atoms with Crippen molar-refractivity contribution in [3.63, 3.8) is 0 Å². The molecular formula is C16H24N2O. The first-order chi connectivity index (χ1) is 9.12. The molecule has 1 aromatic heterocycles. The highest BCUT2D eigenvalue weighted by Gasteiger charge is 2.58. The van der Waals surface area contributed by atoms with Gasteiger partial charge in [-0.25, -0.2) is 0 Å². The Hall–Kier alpha value is -0.830. The molecule has 4 aliphatic carbocycles. The van der Waals surface area contributed by atoms with Gasteiger partial charge in [0.05, 0.1) is 5.60 Å². The van der Waals surface area contributed by atoms with E-state index < -0.39 is 0 Å². The number of ether oxygens (including phenoxy) is 1. The van der Waals surface area contributed by atoms with Crippen LogP contribution in [0.15, 0.2) is 12.3 Å². The third-order valence-electron chi connectivity index (χ3n) is 5.98. The van der Waals surface area contributed by atoms with Crippen LogP contribution in [0.5, 0.6) is 0 Å². The molecule has 1 aromatic rings. The highest BCUT2D eigenvalue weighted by Crippen LogP contribution is 2.63. The maximum absolute atomic E-state index is 6.00. The summed E-state index contributed by atoms with van der Waals surface area (Å²) >= 11 is 0. The topological polar surface area (TPSA) is 27.1 Å². The van der Waals surface area contributed by atoms with Crippen LogP contribution in [0.25, 0.3) is 0 Å². The van der Waals surface area contributed by atoms with E-state index in [1.807, 2.05) is 13.3 Å². The van der Waals surface area contributed by atoms with Crippen LogP contribution in [0.4, 0.5) is 0 Å². The second kappa shape index (κ2) is 3.85. The molecule has 0 N–H and O–H groups in total.